The minimum absolute atomic E-state index is 0.0442. The highest BCUT2D eigenvalue weighted by molar-refractivity contribution is 7.17. The minimum atomic E-state index is -4.55. The van der Waals surface area contributed by atoms with Gasteiger partial charge >= 0.3 is 6.18 Å². The van der Waals surface area contributed by atoms with Gasteiger partial charge in [-0.3, -0.25) is 4.79 Å². The first kappa shape index (κ1) is 19.4. The number of ether oxygens (including phenoxy) is 1. The predicted molar refractivity (Wildman–Crippen MR) is 104 cm³/mol. The molecule has 29 heavy (non-hydrogen) atoms. The molecule has 6 nitrogen and oxygen atoms in total. The zero-order chi connectivity index (χ0) is 20.8. The van der Waals surface area contributed by atoms with Crippen molar-refractivity contribution >= 4 is 33.3 Å². The second-order valence-corrected chi connectivity index (χ2v) is 7.58. The Morgan fingerprint density at radius 3 is 2.79 bits per heavy atom. The lowest BCUT2D eigenvalue weighted by Crippen LogP contribution is -2.54. The first-order valence-electron chi connectivity index (χ1n) is 8.82. The van der Waals surface area contributed by atoms with E-state index in [0.29, 0.717) is 19.0 Å². The van der Waals surface area contributed by atoms with E-state index >= 15 is 0 Å². The zero-order valence-electron chi connectivity index (χ0n) is 15.6. The van der Waals surface area contributed by atoms with Crippen molar-refractivity contribution in [2.75, 3.05) is 25.0 Å². The molecule has 1 N–H and O–H groups in total. The molecule has 1 amide bonds. The number of aryl methyl sites for hydroxylation is 1. The molecule has 1 aliphatic heterocycles. The lowest BCUT2D eigenvalue weighted by Gasteiger charge is -2.39. The van der Waals surface area contributed by atoms with Gasteiger partial charge < -0.3 is 15.0 Å². The van der Waals surface area contributed by atoms with E-state index in [-0.39, 0.29) is 27.7 Å². The van der Waals surface area contributed by atoms with Gasteiger partial charge in [-0.25, -0.2) is 9.97 Å². The van der Waals surface area contributed by atoms with Crippen molar-refractivity contribution in [3.63, 3.8) is 0 Å². The molecule has 0 saturated carbocycles. The Labute approximate surface area is 168 Å². The molecule has 4 heterocycles. The molecule has 0 aliphatic carbocycles. The van der Waals surface area contributed by atoms with Crippen LogP contribution in [0, 0.1) is 6.92 Å². The highest BCUT2D eigenvalue weighted by atomic mass is 32.1. The standard InChI is InChI=1S/C19H17F3N4O2S/c1-10-4-3-5-24-18(10)28-11-7-26(8-11)14-6-13(19(20,21)22)16-15(25-14)12(9-29-16)17(27)23-2/h3-6,9,11H,7-8H2,1-2H3,(H,23,27). The smallest absolute Gasteiger partial charge is 0.417 e. The molecule has 3 aromatic heterocycles. The first-order chi connectivity index (χ1) is 13.8. The van der Waals surface area contributed by atoms with Crippen LogP contribution in [-0.2, 0) is 6.18 Å². The maximum Gasteiger partial charge on any atom is 0.417 e. The summed E-state index contributed by atoms with van der Waals surface area (Å²) in [5.41, 5.74) is 0.294. The summed E-state index contributed by atoms with van der Waals surface area (Å²) in [6.07, 6.45) is -3.12. The van der Waals surface area contributed by atoms with Crippen LogP contribution in [0.15, 0.2) is 29.8 Å². The molecule has 1 fully saturated rings. The summed E-state index contributed by atoms with van der Waals surface area (Å²) in [5.74, 6) is 0.215. The number of thiophene rings is 1. The summed E-state index contributed by atoms with van der Waals surface area (Å²) in [4.78, 5) is 22.3. The van der Waals surface area contributed by atoms with Crippen molar-refractivity contribution in [3.8, 4) is 5.88 Å². The van der Waals surface area contributed by atoms with Crippen molar-refractivity contribution < 1.29 is 22.7 Å². The zero-order valence-corrected chi connectivity index (χ0v) is 16.4. The Morgan fingerprint density at radius 2 is 2.14 bits per heavy atom. The number of aromatic nitrogens is 2. The molecule has 1 saturated heterocycles. The number of alkyl halides is 3. The average Bonchev–Trinajstić information content (AvgIpc) is 3.07. The van der Waals surface area contributed by atoms with Crippen molar-refractivity contribution in [1.82, 2.24) is 15.3 Å². The maximum atomic E-state index is 13.6. The largest absolute Gasteiger partial charge is 0.470 e. The average molecular weight is 422 g/mol. The van der Waals surface area contributed by atoms with Crippen molar-refractivity contribution in [2.45, 2.75) is 19.2 Å². The number of anilines is 1. The van der Waals surface area contributed by atoms with Crippen LogP contribution in [0.1, 0.15) is 21.5 Å². The van der Waals surface area contributed by atoms with Crippen LogP contribution in [0.4, 0.5) is 19.0 Å². The number of carbonyl (C=O) groups excluding carboxylic acids is 1. The van der Waals surface area contributed by atoms with Crippen LogP contribution < -0.4 is 15.0 Å². The Hall–Kier alpha value is -2.88. The Kier molecular flexibility index (Phi) is 4.81. The molecule has 1 aliphatic rings. The maximum absolute atomic E-state index is 13.6. The molecule has 0 bridgehead atoms. The van der Waals surface area contributed by atoms with Gasteiger partial charge in [-0.05, 0) is 19.1 Å². The molecule has 0 spiro atoms. The highest BCUT2D eigenvalue weighted by Crippen LogP contribution is 2.40. The van der Waals surface area contributed by atoms with E-state index in [1.165, 1.54) is 12.4 Å². The monoisotopic (exact) mass is 422 g/mol. The molecule has 0 atom stereocenters. The Morgan fingerprint density at radius 1 is 1.38 bits per heavy atom. The Balaban J connectivity index is 1.63. The number of hydrogen-bond acceptors (Lipinski definition) is 6. The predicted octanol–water partition coefficient (Wildman–Crippen LogP) is 3.65. The van der Waals surface area contributed by atoms with Crippen molar-refractivity contribution in [2.24, 2.45) is 0 Å². The van der Waals surface area contributed by atoms with Crippen molar-refractivity contribution in [3.05, 3.63) is 46.5 Å². The number of rotatable bonds is 4. The summed E-state index contributed by atoms with van der Waals surface area (Å²) in [6.45, 7) is 2.64. The first-order valence-corrected chi connectivity index (χ1v) is 9.70. The third kappa shape index (κ3) is 3.59. The number of amides is 1. The normalized spacial score (nSPS) is 14.7. The van der Waals surface area contributed by atoms with Crippen LogP contribution in [0.3, 0.4) is 0 Å². The van der Waals surface area contributed by atoms with E-state index in [4.69, 9.17) is 4.74 Å². The minimum Gasteiger partial charge on any atom is -0.470 e. The van der Waals surface area contributed by atoms with Gasteiger partial charge in [0, 0.05) is 24.2 Å². The van der Waals surface area contributed by atoms with Crippen LogP contribution in [0.5, 0.6) is 5.88 Å². The number of hydrogen-bond donors (Lipinski definition) is 1. The van der Waals surface area contributed by atoms with Gasteiger partial charge in [-0.15, -0.1) is 11.3 Å². The fraction of sp³-hybridized carbons (Fsp3) is 0.316. The summed E-state index contributed by atoms with van der Waals surface area (Å²) in [5, 5.41) is 3.84. The van der Waals surface area contributed by atoms with Crippen LogP contribution in [-0.4, -0.2) is 42.1 Å². The molecular formula is C19H17F3N4O2S. The highest BCUT2D eigenvalue weighted by Gasteiger charge is 2.37. The third-order valence-electron chi connectivity index (χ3n) is 4.70. The summed E-state index contributed by atoms with van der Waals surface area (Å²) >= 11 is 0.866. The Bertz CT molecular complexity index is 1080. The second kappa shape index (κ2) is 7.18. The lowest BCUT2D eigenvalue weighted by atomic mass is 10.1. The van der Waals surface area contributed by atoms with Gasteiger partial charge in [-0.2, -0.15) is 13.2 Å². The van der Waals surface area contributed by atoms with E-state index in [1.54, 1.807) is 17.2 Å². The molecule has 0 radical (unpaired) electrons. The van der Waals surface area contributed by atoms with Crippen LogP contribution in [0.25, 0.3) is 10.2 Å². The number of nitrogens with zero attached hydrogens (tertiary/aromatic N) is 3. The molecular weight excluding hydrogens is 405 g/mol. The van der Waals surface area contributed by atoms with Gasteiger partial charge in [-0.1, -0.05) is 6.07 Å². The number of halogens is 3. The number of fused-ring (bicyclic) bond motifs is 1. The van der Waals surface area contributed by atoms with E-state index in [1.807, 2.05) is 13.0 Å². The summed E-state index contributed by atoms with van der Waals surface area (Å²) < 4.78 is 46.6. The quantitative estimate of drug-likeness (QED) is 0.695. The fourth-order valence-electron chi connectivity index (χ4n) is 3.12. The van der Waals surface area contributed by atoms with E-state index in [2.05, 4.69) is 15.3 Å². The second-order valence-electron chi connectivity index (χ2n) is 6.70. The van der Waals surface area contributed by atoms with Gasteiger partial charge in [0.1, 0.15) is 11.9 Å². The number of pyridine rings is 2. The van der Waals surface area contributed by atoms with E-state index < -0.39 is 17.6 Å². The van der Waals surface area contributed by atoms with Gasteiger partial charge in [0.15, 0.2) is 0 Å². The lowest BCUT2D eigenvalue weighted by molar-refractivity contribution is -0.136. The van der Waals surface area contributed by atoms with Gasteiger partial charge in [0.05, 0.1) is 34.4 Å². The number of carbonyl (C=O) groups is 1. The topological polar surface area (TPSA) is 67.4 Å². The van der Waals surface area contributed by atoms with Crippen molar-refractivity contribution in [1.29, 1.82) is 0 Å². The molecule has 10 heteroatoms. The molecule has 4 rings (SSSR count). The number of nitrogens with one attached hydrogen (secondary N) is 1. The molecule has 152 valence electrons. The summed E-state index contributed by atoms with van der Waals surface area (Å²) in [6, 6.07) is 4.72. The van der Waals surface area contributed by atoms with Gasteiger partial charge in [0.2, 0.25) is 5.88 Å². The van der Waals surface area contributed by atoms with E-state index in [0.717, 1.165) is 23.0 Å². The fourth-order valence-corrected chi connectivity index (χ4v) is 4.14. The van der Waals surface area contributed by atoms with Crippen LogP contribution >= 0.6 is 11.3 Å². The van der Waals surface area contributed by atoms with E-state index in [9.17, 15) is 18.0 Å². The summed E-state index contributed by atoms with van der Waals surface area (Å²) in [7, 11) is 1.43. The third-order valence-corrected chi connectivity index (χ3v) is 5.70. The molecule has 3 aromatic rings. The molecule has 0 aromatic carbocycles. The molecule has 0 unspecified atom stereocenters. The van der Waals surface area contributed by atoms with Gasteiger partial charge in [0.25, 0.3) is 5.91 Å². The SMILES string of the molecule is CNC(=O)c1csc2c(C(F)(F)F)cc(N3CC(Oc4ncccc4C)C3)nc12. The van der Waals surface area contributed by atoms with Crippen LogP contribution in [0.2, 0.25) is 0 Å².